The van der Waals surface area contributed by atoms with Crippen molar-refractivity contribution >= 4 is 11.8 Å². The lowest BCUT2D eigenvalue weighted by atomic mass is 10.1. The van der Waals surface area contributed by atoms with Gasteiger partial charge < -0.3 is 10.1 Å². The molecule has 1 atom stereocenters. The third-order valence-corrected chi connectivity index (χ3v) is 2.74. The molecule has 0 saturated heterocycles. The quantitative estimate of drug-likeness (QED) is 0.895. The number of carbonyl (C=O) groups is 1. The minimum atomic E-state index is -0.331. The number of hydrogen-bond donors (Lipinski definition) is 2. The van der Waals surface area contributed by atoms with Gasteiger partial charge in [0.2, 0.25) is 5.88 Å². The van der Waals surface area contributed by atoms with E-state index in [4.69, 9.17) is 4.74 Å². The maximum Gasteiger partial charge on any atom is 0.320 e. The first-order valence-corrected chi connectivity index (χ1v) is 6.17. The number of carbonyl (C=O) groups excluding carboxylic acids is 1. The summed E-state index contributed by atoms with van der Waals surface area (Å²) in [6.45, 7) is 1.91. The maximum atomic E-state index is 11.9. The summed E-state index contributed by atoms with van der Waals surface area (Å²) in [4.78, 5) is 19.7. The van der Waals surface area contributed by atoms with E-state index in [9.17, 15) is 4.79 Å². The number of nitrogens with one attached hydrogen (secondary N) is 2. The molecular formula is C14H16N4O2. The van der Waals surface area contributed by atoms with Crippen LogP contribution in [0.4, 0.5) is 10.6 Å². The van der Waals surface area contributed by atoms with Crippen LogP contribution < -0.4 is 15.4 Å². The molecule has 104 valence electrons. The van der Waals surface area contributed by atoms with E-state index in [2.05, 4.69) is 20.6 Å². The predicted molar refractivity (Wildman–Crippen MR) is 75.6 cm³/mol. The van der Waals surface area contributed by atoms with E-state index in [0.717, 1.165) is 5.56 Å². The average Bonchev–Trinajstić information content (AvgIpc) is 2.48. The molecule has 2 rings (SSSR count). The normalized spacial score (nSPS) is 11.5. The molecule has 2 amide bonds. The van der Waals surface area contributed by atoms with Gasteiger partial charge >= 0.3 is 6.03 Å². The van der Waals surface area contributed by atoms with Crippen molar-refractivity contribution in [2.24, 2.45) is 0 Å². The Morgan fingerprint density at radius 1 is 1.25 bits per heavy atom. The minimum absolute atomic E-state index is 0.0973. The van der Waals surface area contributed by atoms with E-state index < -0.39 is 0 Å². The molecule has 0 spiro atoms. The van der Waals surface area contributed by atoms with E-state index in [0.29, 0.717) is 11.7 Å². The van der Waals surface area contributed by atoms with Crippen molar-refractivity contribution in [3.8, 4) is 5.88 Å². The summed E-state index contributed by atoms with van der Waals surface area (Å²) >= 11 is 0. The standard InChI is InChI=1S/C14H16N4O2/c1-10(11-6-4-3-5-7-11)17-14(19)18-12-8-13(20-2)16-9-15-12/h3-10H,1-2H3,(H2,15,16,17,18,19)/t10-/m1/s1. The van der Waals surface area contributed by atoms with E-state index >= 15 is 0 Å². The highest BCUT2D eigenvalue weighted by atomic mass is 16.5. The molecule has 0 saturated carbocycles. The smallest absolute Gasteiger partial charge is 0.320 e. The second-order valence-electron chi connectivity index (χ2n) is 4.18. The van der Waals surface area contributed by atoms with Crippen LogP contribution in [0.25, 0.3) is 0 Å². The Balaban J connectivity index is 1.95. The van der Waals surface area contributed by atoms with Crippen molar-refractivity contribution in [3.63, 3.8) is 0 Å². The summed E-state index contributed by atoms with van der Waals surface area (Å²) in [5.41, 5.74) is 1.03. The van der Waals surface area contributed by atoms with Gasteiger partial charge in [0.25, 0.3) is 0 Å². The molecule has 0 unspecified atom stereocenters. The molecule has 6 nitrogen and oxygen atoms in total. The van der Waals surface area contributed by atoms with Gasteiger partial charge in [-0.1, -0.05) is 30.3 Å². The fourth-order valence-corrected chi connectivity index (χ4v) is 1.69. The van der Waals surface area contributed by atoms with Crippen LogP contribution >= 0.6 is 0 Å². The van der Waals surface area contributed by atoms with E-state index in [1.807, 2.05) is 37.3 Å². The lowest BCUT2D eigenvalue weighted by Gasteiger charge is -2.14. The van der Waals surface area contributed by atoms with Gasteiger partial charge in [0.1, 0.15) is 12.1 Å². The number of rotatable bonds is 4. The molecule has 2 N–H and O–H groups in total. The first kappa shape index (κ1) is 13.8. The Morgan fingerprint density at radius 2 is 2.00 bits per heavy atom. The first-order chi connectivity index (χ1) is 9.69. The Kier molecular flexibility index (Phi) is 4.49. The molecule has 1 aromatic heterocycles. The number of hydrogen-bond acceptors (Lipinski definition) is 4. The van der Waals surface area contributed by atoms with E-state index in [-0.39, 0.29) is 12.1 Å². The fraction of sp³-hybridized carbons (Fsp3) is 0.214. The number of anilines is 1. The van der Waals surface area contributed by atoms with Crippen molar-refractivity contribution in [3.05, 3.63) is 48.3 Å². The molecule has 1 aromatic carbocycles. The molecule has 6 heteroatoms. The van der Waals surface area contributed by atoms with Crippen LogP contribution in [0.2, 0.25) is 0 Å². The Labute approximate surface area is 117 Å². The zero-order valence-electron chi connectivity index (χ0n) is 11.3. The summed E-state index contributed by atoms with van der Waals surface area (Å²) in [5.74, 6) is 0.779. The summed E-state index contributed by atoms with van der Waals surface area (Å²) in [6, 6.07) is 10.8. The molecule has 0 radical (unpaired) electrons. The van der Waals surface area contributed by atoms with Crippen LogP contribution in [0.15, 0.2) is 42.7 Å². The number of benzene rings is 1. The summed E-state index contributed by atoms with van der Waals surface area (Å²) in [7, 11) is 1.50. The van der Waals surface area contributed by atoms with Crippen LogP contribution in [-0.4, -0.2) is 23.1 Å². The van der Waals surface area contributed by atoms with Crippen LogP contribution in [0.3, 0.4) is 0 Å². The number of methoxy groups -OCH3 is 1. The maximum absolute atomic E-state index is 11.9. The lowest BCUT2D eigenvalue weighted by Crippen LogP contribution is -2.31. The van der Waals surface area contributed by atoms with Gasteiger partial charge in [0.05, 0.1) is 13.2 Å². The highest BCUT2D eigenvalue weighted by molar-refractivity contribution is 5.88. The van der Waals surface area contributed by atoms with Crippen molar-refractivity contribution in [2.45, 2.75) is 13.0 Å². The highest BCUT2D eigenvalue weighted by Crippen LogP contribution is 2.13. The van der Waals surface area contributed by atoms with Crippen LogP contribution in [0.5, 0.6) is 5.88 Å². The van der Waals surface area contributed by atoms with Crippen LogP contribution in [-0.2, 0) is 0 Å². The van der Waals surface area contributed by atoms with Crippen molar-refractivity contribution in [2.75, 3.05) is 12.4 Å². The van der Waals surface area contributed by atoms with Gasteiger partial charge in [-0.15, -0.1) is 0 Å². The molecule has 2 aromatic rings. The van der Waals surface area contributed by atoms with Gasteiger partial charge in [-0.2, -0.15) is 0 Å². The Bertz CT molecular complexity index is 574. The van der Waals surface area contributed by atoms with Gasteiger partial charge in [0.15, 0.2) is 0 Å². The summed E-state index contributed by atoms with van der Waals surface area (Å²) in [5, 5.41) is 5.47. The van der Waals surface area contributed by atoms with E-state index in [1.165, 1.54) is 13.4 Å². The Morgan fingerprint density at radius 3 is 2.70 bits per heavy atom. The lowest BCUT2D eigenvalue weighted by molar-refractivity contribution is 0.249. The number of amides is 2. The molecule has 20 heavy (non-hydrogen) atoms. The third kappa shape index (κ3) is 3.68. The number of urea groups is 1. The molecule has 1 heterocycles. The average molecular weight is 272 g/mol. The topological polar surface area (TPSA) is 76.1 Å². The number of nitrogens with zero attached hydrogens (tertiary/aromatic N) is 2. The first-order valence-electron chi connectivity index (χ1n) is 6.17. The SMILES string of the molecule is COc1cc(NC(=O)N[C@H](C)c2ccccc2)ncn1. The van der Waals surface area contributed by atoms with Crippen LogP contribution in [0.1, 0.15) is 18.5 Å². The van der Waals surface area contributed by atoms with Gasteiger partial charge in [-0.3, -0.25) is 5.32 Å². The second-order valence-corrected chi connectivity index (χ2v) is 4.18. The van der Waals surface area contributed by atoms with Crippen molar-refractivity contribution < 1.29 is 9.53 Å². The van der Waals surface area contributed by atoms with Crippen molar-refractivity contribution in [1.82, 2.24) is 15.3 Å². The largest absolute Gasteiger partial charge is 0.481 e. The summed E-state index contributed by atoms with van der Waals surface area (Å²) < 4.78 is 4.96. The third-order valence-electron chi connectivity index (χ3n) is 2.74. The van der Waals surface area contributed by atoms with Gasteiger partial charge in [-0.05, 0) is 12.5 Å². The zero-order valence-corrected chi connectivity index (χ0v) is 11.3. The molecule has 0 aliphatic carbocycles. The zero-order chi connectivity index (χ0) is 14.4. The Hall–Kier alpha value is -2.63. The van der Waals surface area contributed by atoms with Gasteiger partial charge in [0, 0.05) is 6.07 Å². The number of aromatic nitrogens is 2. The summed E-state index contributed by atoms with van der Waals surface area (Å²) in [6.07, 6.45) is 1.33. The fourth-order valence-electron chi connectivity index (χ4n) is 1.69. The predicted octanol–water partition coefficient (Wildman–Crippen LogP) is 2.37. The van der Waals surface area contributed by atoms with Crippen molar-refractivity contribution in [1.29, 1.82) is 0 Å². The van der Waals surface area contributed by atoms with E-state index in [1.54, 1.807) is 6.07 Å². The minimum Gasteiger partial charge on any atom is -0.481 e. The molecule has 0 fully saturated rings. The second kappa shape index (κ2) is 6.51. The molecule has 0 aliphatic heterocycles. The van der Waals surface area contributed by atoms with Gasteiger partial charge in [-0.25, -0.2) is 14.8 Å². The van der Waals surface area contributed by atoms with Crippen LogP contribution in [0, 0.1) is 0 Å². The number of ether oxygens (including phenoxy) is 1. The molecule has 0 bridgehead atoms. The molecular weight excluding hydrogens is 256 g/mol. The highest BCUT2D eigenvalue weighted by Gasteiger charge is 2.10. The molecule has 0 aliphatic rings. The monoisotopic (exact) mass is 272 g/mol.